The molecule has 154 valence electrons. The quantitative estimate of drug-likeness (QED) is 0.624. The summed E-state index contributed by atoms with van der Waals surface area (Å²) in [4.78, 5) is 30.2. The van der Waals surface area contributed by atoms with Gasteiger partial charge in [-0.25, -0.2) is 4.98 Å². The first-order chi connectivity index (χ1) is 13.7. The first-order valence-corrected chi connectivity index (χ1v) is 10.8. The molecule has 2 unspecified atom stereocenters. The topological polar surface area (TPSA) is 79.3 Å². The Labute approximate surface area is 175 Å². The molecule has 6 heteroatoms. The van der Waals surface area contributed by atoms with E-state index in [1.165, 1.54) is 16.9 Å². The lowest BCUT2D eigenvalue weighted by molar-refractivity contribution is -0.146. The molecule has 1 aliphatic rings. The van der Waals surface area contributed by atoms with Crippen LogP contribution in [-0.4, -0.2) is 22.0 Å². The molecule has 1 aromatic heterocycles. The number of hydrogen-bond acceptors (Lipinski definition) is 4. The molecule has 1 heterocycles. The van der Waals surface area contributed by atoms with Crippen LogP contribution in [0.4, 0.5) is 5.13 Å². The zero-order valence-corrected chi connectivity index (χ0v) is 18.4. The van der Waals surface area contributed by atoms with Gasteiger partial charge in [-0.15, -0.1) is 11.3 Å². The summed E-state index contributed by atoms with van der Waals surface area (Å²) < 4.78 is 0. The summed E-state index contributed by atoms with van der Waals surface area (Å²) in [6.07, 6.45) is 0.895. The molecule has 0 spiro atoms. The predicted molar refractivity (Wildman–Crippen MR) is 117 cm³/mol. The van der Waals surface area contributed by atoms with E-state index in [9.17, 15) is 14.7 Å². The summed E-state index contributed by atoms with van der Waals surface area (Å²) in [7, 11) is 0. The molecule has 1 aliphatic carbocycles. The first-order valence-electron chi connectivity index (χ1n) is 9.94. The standard InChI is InChI=1S/C23H28N2O3S/c1-12(2)16-6-8-17(9-7-16)20-15(5)29-23(24-20)25-21(26)18-10-13(3)14(4)11-19(18)22(27)28/h6-9,12,18-19H,10-11H2,1-5H3,(H,27,28)(H,24,25,26). The molecule has 2 atom stereocenters. The van der Waals surface area contributed by atoms with E-state index < -0.39 is 17.8 Å². The maximum atomic E-state index is 12.9. The maximum Gasteiger partial charge on any atom is 0.307 e. The number of carboxylic acid groups (broad SMARTS) is 1. The van der Waals surface area contributed by atoms with Crippen LogP contribution in [-0.2, 0) is 9.59 Å². The molecule has 0 radical (unpaired) electrons. The molecule has 3 rings (SSSR count). The number of carbonyl (C=O) groups excluding carboxylic acids is 1. The summed E-state index contributed by atoms with van der Waals surface area (Å²) in [6.45, 7) is 10.2. The average Bonchev–Trinajstić information content (AvgIpc) is 3.03. The molecular weight excluding hydrogens is 384 g/mol. The molecule has 1 amide bonds. The number of aliphatic carboxylic acids is 1. The van der Waals surface area contributed by atoms with Crippen LogP contribution in [0.25, 0.3) is 11.3 Å². The SMILES string of the molecule is CC1=C(C)CC(C(=O)Nc2nc(-c3ccc(C(C)C)cc3)c(C)s2)C(C(=O)O)C1. The number of aryl methyl sites for hydroxylation is 1. The molecule has 0 saturated heterocycles. The molecule has 0 saturated carbocycles. The predicted octanol–water partition coefficient (Wildman–Crippen LogP) is 5.63. The van der Waals surface area contributed by atoms with Crippen molar-refractivity contribution in [1.82, 2.24) is 4.98 Å². The van der Waals surface area contributed by atoms with Crippen molar-refractivity contribution in [3.8, 4) is 11.3 Å². The lowest BCUT2D eigenvalue weighted by Crippen LogP contribution is -2.36. The Balaban J connectivity index is 1.79. The van der Waals surface area contributed by atoms with Gasteiger partial charge < -0.3 is 10.4 Å². The average molecular weight is 413 g/mol. The van der Waals surface area contributed by atoms with Crippen molar-refractivity contribution in [1.29, 1.82) is 0 Å². The number of aromatic nitrogens is 1. The van der Waals surface area contributed by atoms with Gasteiger partial charge in [0.15, 0.2) is 5.13 Å². The van der Waals surface area contributed by atoms with Gasteiger partial charge >= 0.3 is 5.97 Å². The van der Waals surface area contributed by atoms with Gasteiger partial charge in [-0.2, -0.15) is 0 Å². The number of benzene rings is 1. The summed E-state index contributed by atoms with van der Waals surface area (Å²) in [6, 6.07) is 8.32. The number of anilines is 1. The number of carboxylic acids is 1. The minimum atomic E-state index is -0.918. The van der Waals surface area contributed by atoms with Gasteiger partial charge in [-0.05, 0) is 45.1 Å². The van der Waals surface area contributed by atoms with Gasteiger partial charge in [0.05, 0.1) is 17.5 Å². The Morgan fingerprint density at radius 1 is 1.07 bits per heavy atom. The Morgan fingerprint density at radius 3 is 2.21 bits per heavy atom. The van der Waals surface area contributed by atoms with Gasteiger partial charge in [0.1, 0.15) is 0 Å². The van der Waals surface area contributed by atoms with Crippen LogP contribution in [0.3, 0.4) is 0 Å². The molecule has 29 heavy (non-hydrogen) atoms. The molecule has 0 aliphatic heterocycles. The molecule has 2 aromatic rings. The second-order valence-electron chi connectivity index (χ2n) is 8.21. The number of nitrogens with zero attached hydrogens (tertiary/aromatic N) is 1. The lowest BCUT2D eigenvalue weighted by Gasteiger charge is -2.29. The number of hydrogen-bond donors (Lipinski definition) is 2. The van der Waals surface area contributed by atoms with E-state index in [-0.39, 0.29) is 5.91 Å². The van der Waals surface area contributed by atoms with Crippen LogP contribution >= 0.6 is 11.3 Å². The van der Waals surface area contributed by atoms with Crippen molar-refractivity contribution in [2.45, 2.75) is 53.4 Å². The van der Waals surface area contributed by atoms with Crippen molar-refractivity contribution >= 4 is 28.3 Å². The largest absolute Gasteiger partial charge is 0.481 e. The van der Waals surface area contributed by atoms with Crippen LogP contribution in [0.1, 0.15) is 56.9 Å². The highest BCUT2D eigenvalue weighted by Gasteiger charge is 2.37. The van der Waals surface area contributed by atoms with Crippen LogP contribution in [0.5, 0.6) is 0 Å². The van der Waals surface area contributed by atoms with Crippen molar-refractivity contribution in [2.75, 3.05) is 5.32 Å². The van der Waals surface area contributed by atoms with Crippen LogP contribution < -0.4 is 5.32 Å². The zero-order chi connectivity index (χ0) is 21.3. The van der Waals surface area contributed by atoms with E-state index >= 15 is 0 Å². The monoisotopic (exact) mass is 412 g/mol. The summed E-state index contributed by atoms with van der Waals surface area (Å²) in [5, 5.41) is 13.0. The molecule has 1 aromatic carbocycles. The first kappa shape index (κ1) is 21.2. The number of thiazole rings is 1. The van der Waals surface area contributed by atoms with Crippen molar-refractivity contribution in [3.63, 3.8) is 0 Å². The van der Waals surface area contributed by atoms with Gasteiger partial charge in [-0.1, -0.05) is 49.3 Å². The Kier molecular flexibility index (Phi) is 6.22. The fourth-order valence-corrected chi connectivity index (χ4v) is 4.61. The van der Waals surface area contributed by atoms with Crippen molar-refractivity contribution < 1.29 is 14.7 Å². The fraction of sp³-hybridized carbons (Fsp3) is 0.435. The van der Waals surface area contributed by atoms with E-state index in [1.807, 2.05) is 20.8 Å². The van der Waals surface area contributed by atoms with E-state index in [0.29, 0.717) is 23.9 Å². The van der Waals surface area contributed by atoms with Crippen LogP contribution in [0.2, 0.25) is 0 Å². The molecular formula is C23H28N2O3S. The Morgan fingerprint density at radius 2 is 1.66 bits per heavy atom. The van der Waals surface area contributed by atoms with Crippen molar-refractivity contribution in [3.05, 3.63) is 45.9 Å². The molecule has 0 bridgehead atoms. The number of rotatable bonds is 5. The second-order valence-corrected chi connectivity index (χ2v) is 9.41. The smallest absolute Gasteiger partial charge is 0.307 e. The van der Waals surface area contributed by atoms with E-state index in [1.54, 1.807) is 0 Å². The number of carbonyl (C=O) groups is 2. The minimum Gasteiger partial charge on any atom is -0.481 e. The third-order valence-corrected chi connectivity index (χ3v) is 6.68. The number of allylic oxidation sites excluding steroid dienone is 2. The summed E-state index contributed by atoms with van der Waals surface area (Å²) >= 11 is 1.42. The molecule has 2 N–H and O–H groups in total. The normalized spacial score (nSPS) is 19.5. The van der Waals surface area contributed by atoms with Crippen LogP contribution in [0, 0.1) is 18.8 Å². The lowest BCUT2D eigenvalue weighted by atomic mass is 9.76. The highest BCUT2D eigenvalue weighted by Crippen LogP contribution is 2.36. The molecule has 5 nitrogen and oxygen atoms in total. The van der Waals surface area contributed by atoms with Crippen molar-refractivity contribution in [2.24, 2.45) is 11.8 Å². The fourth-order valence-electron chi connectivity index (χ4n) is 3.77. The van der Waals surface area contributed by atoms with E-state index in [2.05, 4.69) is 48.4 Å². The third-order valence-electron chi connectivity index (χ3n) is 5.80. The van der Waals surface area contributed by atoms with Gasteiger partial charge in [0.25, 0.3) is 0 Å². The number of nitrogens with one attached hydrogen (secondary N) is 1. The number of amides is 1. The highest BCUT2D eigenvalue weighted by molar-refractivity contribution is 7.16. The highest BCUT2D eigenvalue weighted by atomic mass is 32.1. The van der Waals surface area contributed by atoms with Gasteiger partial charge in [-0.3, -0.25) is 9.59 Å². The minimum absolute atomic E-state index is 0.264. The maximum absolute atomic E-state index is 12.9. The second kappa shape index (κ2) is 8.49. The van der Waals surface area contributed by atoms with E-state index in [4.69, 9.17) is 0 Å². The summed E-state index contributed by atoms with van der Waals surface area (Å²) in [5.41, 5.74) is 5.30. The third kappa shape index (κ3) is 4.58. The Hall–Kier alpha value is -2.47. The summed E-state index contributed by atoms with van der Waals surface area (Å²) in [5.74, 6) is -1.98. The van der Waals surface area contributed by atoms with Crippen LogP contribution in [0.15, 0.2) is 35.4 Å². The van der Waals surface area contributed by atoms with Gasteiger partial charge in [0.2, 0.25) is 5.91 Å². The Bertz CT molecular complexity index is 957. The van der Waals surface area contributed by atoms with E-state index in [0.717, 1.165) is 27.3 Å². The zero-order valence-electron chi connectivity index (χ0n) is 17.6. The van der Waals surface area contributed by atoms with Gasteiger partial charge in [0, 0.05) is 10.4 Å². The molecule has 0 fully saturated rings.